The number of esters is 1. The molecule has 2 aromatic rings. The van der Waals surface area contributed by atoms with Crippen molar-refractivity contribution in [3.8, 4) is 0 Å². The Balaban J connectivity index is 1.25. The fourth-order valence-corrected chi connectivity index (χ4v) is 11.4. The van der Waals surface area contributed by atoms with Crippen molar-refractivity contribution in [2.24, 2.45) is 29.6 Å². The third kappa shape index (κ3) is 13.4. The molecule has 2 saturated heterocycles. The highest BCUT2D eigenvalue weighted by atomic mass is 32.1. The maximum atomic E-state index is 14.6. The second-order valence-electron chi connectivity index (χ2n) is 20.5. The number of methoxy groups -OCH3 is 3. The van der Waals surface area contributed by atoms with Crippen LogP contribution in [0.15, 0.2) is 65.8 Å². The number of carbonyl (C=O) groups excluding carboxylic acids is 5. The van der Waals surface area contributed by atoms with Crippen molar-refractivity contribution in [3.05, 3.63) is 71.3 Å². The summed E-state index contributed by atoms with van der Waals surface area (Å²) in [4.78, 5) is 71.7. The minimum Gasteiger partial charge on any atom is -0.465 e. The maximum Gasteiger partial charge on any atom is 0.329 e. The van der Waals surface area contributed by atoms with E-state index in [4.69, 9.17) is 40.6 Å². The van der Waals surface area contributed by atoms with Crippen molar-refractivity contribution in [2.45, 2.75) is 167 Å². The van der Waals surface area contributed by atoms with E-state index in [2.05, 4.69) is 5.32 Å². The molecule has 71 heavy (non-hydrogen) atoms. The number of nitrogens with zero attached hydrogens (tertiary/aromatic N) is 1. The molecule has 4 aliphatic rings. The first kappa shape index (κ1) is 55.9. The predicted octanol–water partition coefficient (Wildman–Crippen LogP) is 7.37. The van der Waals surface area contributed by atoms with Crippen molar-refractivity contribution in [2.75, 3.05) is 27.9 Å². The lowest BCUT2D eigenvalue weighted by atomic mass is 9.81. The Bertz CT molecular complexity index is 2300. The van der Waals surface area contributed by atoms with Gasteiger partial charge in [0, 0.05) is 57.6 Å². The Morgan fingerprint density at radius 2 is 1.59 bits per heavy atom. The average Bonchev–Trinajstić information content (AvgIpc) is 3.36. The van der Waals surface area contributed by atoms with E-state index >= 15 is 0 Å². The number of benzene rings is 2. The molecule has 2 bridgehead atoms. The van der Waals surface area contributed by atoms with Crippen LogP contribution in [0.2, 0.25) is 0 Å². The number of aliphatic hydroxyl groups excluding tert-OH is 1. The topological polar surface area (TPSA) is 196 Å². The van der Waals surface area contributed by atoms with Gasteiger partial charge in [0.25, 0.3) is 22.8 Å². The number of aliphatic hydroxyl groups is 2. The van der Waals surface area contributed by atoms with Crippen molar-refractivity contribution in [3.63, 3.8) is 0 Å². The van der Waals surface area contributed by atoms with E-state index in [0.717, 1.165) is 16.3 Å². The lowest BCUT2D eigenvalue weighted by Crippen LogP contribution is -2.64. The fourth-order valence-electron chi connectivity index (χ4n) is 11.2. The van der Waals surface area contributed by atoms with Gasteiger partial charge in [-0.3, -0.25) is 24.5 Å². The summed E-state index contributed by atoms with van der Waals surface area (Å²) < 4.78 is 36.5. The van der Waals surface area contributed by atoms with Crippen LogP contribution in [0.25, 0.3) is 10.8 Å². The SMILES string of the molecule is CC[C@@H]1/C=C(\C)C[C@H](C)C[C@H](OC)[C@H]2O[C@@](O)(C(=O)C(=O)N3CCCC[C@H]3C(=O)O[C@H](/C(C)=C/[C@@H]3CC[C@@H](OC(=S)NC(=O)c4ccc5ccccc5c4)[C@H](OC)C3)[C@H](C)[C@@H](O)CC1=O)[C@H](C)C[C@@H]2OC. The monoisotopic (exact) mass is 1000 g/mol. The molecule has 16 heteroatoms. The highest BCUT2D eigenvalue weighted by Gasteiger charge is 2.56. The number of hydrogen-bond donors (Lipinski definition) is 3. The molecule has 1 saturated carbocycles. The summed E-state index contributed by atoms with van der Waals surface area (Å²) in [5, 5.41) is 28.6. The summed E-state index contributed by atoms with van der Waals surface area (Å²) in [6.45, 7) is 11.2. The van der Waals surface area contributed by atoms with Crippen LogP contribution >= 0.6 is 12.2 Å². The van der Waals surface area contributed by atoms with E-state index in [1.807, 2.05) is 70.2 Å². The number of rotatable bonds is 8. The number of ketones is 2. The van der Waals surface area contributed by atoms with Gasteiger partial charge in [0.2, 0.25) is 5.79 Å². The molecule has 2 aromatic carbocycles. The number of hydrogen-bond acceptors (Lipinski definition) is 14. The smallest absolute Gasteiger partial charge is 0.329 e. The summed E-state index contributed by atoms with van der Waals surface area (Å²) in [6.07, 6.45) is 3.19. The lowest BCUT2D eigenvalue weighted by Gasteiger charge is -2.47. The highest BCUT2D eigenvalue weighted by Crippen LogP contribution is 2.39. The Hall–Kier alpha value is -4.42. The number of amides is 2. The van der Waals surface area contributed by atoms with Gasteiger partial charge in [-0.1, -0.05) is 75.8 Å². The molecule has 3 heterocycles. The molecule has 3 N–H and O–H groups in total. The van der Waals surface area contributed by atoms with Gasteiger partial charge in [0.1, 0.15) is 30.1 Å². The zero-order valence-electron chi connectivity index (χ0n) is 42.9. The van der Waals surface area contributed by atoms with Crippen molar-refractivity contribution >= 4 is 57.5 Å². The molecule has 0 aromatic heterocycles. The molecule has 6 rings (SSSR count). The number of nitrogens with one attached hydrogen (secondary N) is 1. The quantitative estimate of drug-likeness (QED) is 0.103. The molecule has 3 fully saturated rings. The maximum absolute atomic E-state index is 14.6. The molecule has 0 unspecified atom stereocenters. The minimum absolute atomic E-state index is 0.00991. The lowest BCUT2D eigenvalue weighted by molar-refractivity contribution is -0.302. The van der Waals surface area contributed by atoms with Gasteiger partial charge in [0.15, 0.2) is 0 Å². The van der Waals surface area contributed by atoms with Crippen LogP contribution in [0.3, 0.4) is 0 Å². The van der Waals surface area contributed by atoms with Crippen molar-refractivity contribution in [1.29, 1.82) is 0 Å². The molecule has 3 aliphatic heterocycles. The van der Waals surface area contributed by atoms with Gasteiger partial charge in [0.05, 0.1) is 24.4 Å². The fraction of sp³-hybridized carbons (Fsp3) is 0.636. The molecule has 0 radical (unpaired) electrons. The van der Waals surface area contributed by atoms with E-state index in [0.29, 0.717) is 62.5 Å². The first-order valence-corrected chi connectivity index (χ1v) is 25.8. The number of fused-ring (bicyclic) bond motifs is 4. The van der Waals surface area contributed by atoms with Crippen LogP contribution in [0.1, 0.15) is 123 Å². The number of cyclic esters (lactones) is 1. The number of thiocarbonyl (C=S) groups is 1. The van der Waals surface area contributed by atoms with Crippen LogP contribution in [0, 0.1) is 29.6 Å². The van der Waals surface area contributed by atoms with Gasteiger partial charge < -0.3 is 43.5 Å². The van der Waals surface area contributed by atoms with Crippen LogP contribution in [-0.2, 0) is 47.6 Å². The summed E-state index contributed by atoms with van der Waals surface area (Å²) in [7, 11) is 4.64. The Kier molecular flexibility index (Phi) is 19.7. The first-order chi connectivity index (χ1) is 33.8. The normalized spacial score (nSPS) is 35.1. The van der Waals surface area contributed by atoms with Crippen LogP contribution < -0.4 is 5.32 Å². The van der Waals surface area contributed by atoms with Crippen LogP contribution in [0.5, 0.6) is 0 Å². The molecule has 390 valence electrons. The zero-order valence-corrected chi connectivity index (χ0v) is 43.7. The number of carbonyl (C=O) groups is 5. The van der Waals surface area contributed by atoms with Gasteiger partial charge >= 0.3 is 5.97 Å². The summed E-state index contributed by atoms with van der Waals surface area (Å²) in [5.41, 5.74) is 2.04. The zero-order chi connectivity index (χ0) is 51.7. The summed E-state index contributed by atoms with van der Waals surface area (Å²) in [6, 6.07) is 12.0. The standard InChI is InChI=1S/C55H76N2O13S/c1-10-37-24-31(2)23-32(3)25-46(66-8)49-47(67-9)27-34(5)55(64,70-49)50(60)52(62)57-22-14-13-17-41(57)53(63)69-48(35(6)42(58)30-43(37)59)33(4)26-36-18-21-44(45(28-36)65-7)68-54(71)56-51(61)40-20-19-38-15-11-12-16-39(38)29-40/h11-12,15-16,19-20,24,26,29,32,34-37,41-42,44-49,58,64H,10,13-14,17-18,21-23,25,27-28,30H2,1-9H3,(H,56,61,71)/b31-24+,33-26+/t32-,34+,35+,36-,37+,41-,42-,44+,45+,46-,47-,48+,49+,55+/m0/s1. The summed E-state index contributed by atoms with van der Waals surface area (Å²) >= 11 is 5.49. The molecule has 0 spiro atoms. The molecule has 1 aliphatic carbocycles. The minimum atomic E-state index is -2.53. The molecular weight excluding hydrogens is 929 g/mol. The number of piperidine rings is 1. The average molecular weight is 1010 g/mol. The molecule has 15 nitrogen and oxygen atoms in total. The van der Waals surface area contributed by atoms with Crippen molar-refractivity contribution in [1.82, 2.24) is 10.2 Å². The van der Waals surface area contributed by atoms with E-state index in [1.54, 1.807) is 33.1 Å². The van der Waals surface area contributed by atoms with Crippen LogP contribution in [0.4, 0.5) is 0 Å². The number of allylic oxidation sites excluding steroid dienone is 3. The van der Waals surface area contributed by atoms with E-state index in [9.17, 15) is 34.2 Å². The third-order valence-corrected chi connectivity index (χ3v) is 15.6. The number of Topliss-reactive ketones (excluding diaryl/α,β-unsaturated/α-hetero) is 2. The molecule has 14 atom stereocenters. The summed E-state index contributed by atoms with van der Waals surface area (Å²) in [5.74, 6) is -8.27. The number of ether oxygens (including phenoxy) is 6. The first-order valence-electron chi connectivity index (χ1n) is 25.4. The van der Waals surface area contributed by atoms with E-state index in [1.165, 1.54) is 19.1 Å². The van der Waals surface area contributed by atoms with Crippen molar-refractivity contribution < 1.29 is 62.6 Å². The Morgan fingerprint density at radius 3 is 2.28 bits per heavy atom. The Labute approximate surface area is 424 Å². The van der Waals surface area contributed by atoms with Gasteiger partial charge in [-0.05, 0) is 131 Å². The van der Waals surface area contributed by atoms with Gasteiger partial charge in [-0.2, -0.15) is 0 Å². The molecular formula is C55H76N2O13S. The Morgan fingerprint density at radius 1 is 0.901 bits per heavy atom. The van der Waals surface area contributed by atoms with E-state index < -0.39 is 90.0 Å². The largest absolute Gasteiger partial charge is 0.465 e. The predicted molar refractivity (Wildman–Crippen MR) is 271 cm³/mol. The van der Waals surface area contributed by atoms with Gasteiger partial charge in [-0.15, -0.1) is 0 Å². The molecule has 2 amide bonds. The van der Waals surface area contributed by atoms with E-state index in [-0.39, 0.29) is 54.5 Å². The van der Waals surface area contributed by atoms with Gasteiger partial charge in [-0.25, -0.2) is 4.79 Å². The third-order valence-electron chi connectivity index (χ3n) is 15.4. The second-order valence-corrected chi connectivity index (χ2v) is 20.9. The second kappa shape index (κ2) is 25.0. The highest BCUT2D eigenvalue weighted by molar-refractivity contribution is 7.80. The van der Waals surface area contributed by atoms with Crippen LogP contribution in [-0.4, -0.2) is 132 Å².